The van der Waals surface area contributed by atoms with Crippen molar-refractivity contribution in [3.05, 3.63) is 0 Å². The molecule has 6 heteroatoms. The lowest BCUT2D eigenvalue weighted by Gasteiger charge is -2.19. The zero-order valence-electron chi connectivity index (χ0n) is 13.3. The predicted molar refractivity (Wildman–Crippen MR) is 80.7 cm³/mol. The Morgan fingerprint density at radius 2 is 1.55 bits per heavy atom. The average molecular weight is 289 g/mol. The number of hydrogen-bond acceptors (Lipinski definition) is 5. The molecule has 20 heavy (non-hydrogen) atoms. The van der Waals surface area contributed by atoms with E-state index in [0.717, 1.165) is 52.1 Å². The maximum Gasteiger partial charge on any atom is 0.243 e. The summed E-state index contributed by atoms with van der Waals surface area (Å²) in [6.45, 7) is 5.29. The maximum atomic E-state index is 10.4. The monoisotopic (exact) mass is 289 g/mol. The van der Waals surface area contributed by atoms with Crippen molar-refractivity contribution in [3.8, 4) is 0 Å². The third-order valence-corrected chi connectivity index (χ3v) is 2.87. The summed E-state index contributed by atoms with van der Waals surface area (Å²) in [7, 11) is 6.28. The number of hydrogen-bond donors (Lipinski definition) is 1. The molecular weight excluding hydrogens is 258 g/mol. The second kappa shape index (κ2) is 13.3. The van der Waals surface area contributed by atoms with Crippen LogP contribution in [-0.2, 0) is 14.3 Å². The van der Waals surface area contributed by atoms with Crippen LogP contribution in [0.4, 0.5) is 0 Å². The quantitative estimate of drug-likeness (QED) is 0.462. The first-order chi connectivity index (χ1) is 9.52. The molecule has 0 aliphatic rings. The molecule has 0 aromatic heterocycles. The zero-order chi connectivity index (χ0) is 15.2. The van der Waals surface area contributed by atoms with Crippen molar-refractivity contribution in [3.63, 3.8) is 0 Å². The van der Waals surface area contributed by atoms with E-state index in [2.05, 4.69) is 30.9 Å². The van der Waals surface area contributed by atoms with Crippen LogP contribution in [0.15, 0.2) is 0 Å². The van der Waals surface area contributed by atoms with Crippen LogP contribution >= 0.6 is 0 Å². The minimum absolute atomic E-state index is 0.0236. The first-order valence-corrected chi connectivity index (χ1v) is 7.29. The Kier molecular flexibility index (Phi) is 12.8. The van der Waals surface area contributed by atoms with E-state index < -0.39 is 5.91 Å². The Bertz CT molecular complexity index is 238. The molecule has 6 nitrogen and oxygen atoms in total. The van der Waals surface area contributed by atoms with Crippen molar-refractivity contribution >= 4 is 5.91 Å². The van der Waals surface area contributed by atoms with Gasteiger partial charge in [-0.2, -0.15) is 0 Å². The third kappa shape index (κ3) is 15.4. The van der Waals surface area contributed by atoms with E-state index in [0.29, 0.717) is 6.61 Å². The van der Waals surface area contributed by atoms with Gasteiger partial charge in [-0.05, 0) is 40.4 Å². The molecule has 0 fully saturated rings. The van der Waals surface area contributed by atoms with Gasteiger partial charge in [0.1, 0.15) is 6.61 Å². The SMILES string of the molecule is CN(C)CCN(C)CCOCCCCCOCC(N)=O. The van der Waals surface area contributed by atoms with Crippen LogP contribution in [0.3, 0.4) is 0 Å². The standard InChI is InChI=1S/C14H31N3O3/c1-16(2)7-8-17(3)9-12-19-10-5-4-6-11-20-13-14(15)18/h4-13H2,1-3H3,(H2,15,18). The third-order valence-electron chi connectivity index (χ3n) is 2.87. The van der Waals surface area contributed by atoms with Gasteiger partial charge in [-0.1, -0.05) is 0 Å². The lowest BCUT2D eigenvalue weighted by molar-refractivity contribution is -0.122. The summed E-state index contributed by atoms with van der Waals surface area (Å²) in [5.41, 5.74) is 4.96. The van der Waals surface area contributed by atoms with E-state index in [1.54, 1.807) is 0 Å². The largest absolute Gasteiger partial charge is 0.380 e. The number of unbranched alkanes of at least 4 members (excludes halogenated alkanes) is 2. The number of ether oxygens (including phenoxy) is 2. The highest BCUT2D eigenvalue weighted by molar-refractivity contribution is 5.74. The van der Waals surface area contributed by atoms with E-state index in [1.165, 1.54) is 0 Å². The first kappa shape index (κ1) is 19.3. The molecule has 0 aliphatic heterocycles. The van der Waals surface area contributed by atoms with Crippen LogP contribution in [0.25, 0.3) is 0 Å². The van der Waals surface area contributed by atoms with Gasteiger partial charge in [-0.25, -0.2) is 0 Å². The first-order valence-electron chi connectivity index (χ1n) is 7.29. The van der Waals surface area contributed by atoms with Gasteiger partial charge in [0.15, 0.2) is 0 Å². The molecule has 0 rings (SSSR count). The highest BCUT2D eigenvalue weighted by atomic mass is 16.5. The Morgan fingerprint density at radius 3 is 2.15 bits per heavy atom. The molecule has 0 aromatic carbocycles. The lowest BCUT2D eigenvalue weighted by Crippen LogP contribution is -2.31. The Labute approximate surface area is 123 Å². The molecule has 0 spiro atoms. The second-order valence-electron chi connectivity index (χ2n) is 5.30. The van der Waals surface area contributed by atoms with Crippen LogP contribution in [0, 0.1) is 0 Å². The Hall–Kier alpha value is -0.690. The molecule has 0 bridgehead atoms. The van der Waals surface area contributed by atoms with Gasteiger partial charge in [0, 0.05) is 32.8 Å². The van der Waals surface area contributed by atoms with Gasteiger partial charge < -0.3 is 25.0 Å². The van der Waals surface area contributed by atoms with Crippen molar-refractivity contribution < 1.29 is 14.3 Å². The summed E-state index contributed by atoms with van der Waals surface area (Å²) < 4.78 is 10.7. The summed E-state index contributed by atoms with van der Waals surface area (Å²) in [5, 5.41) is 0. The molecule has 0 aromatic rings. The average Bonchev–Trinajstić information content (AvgIpc) is 2.38. The number of nitrogens with two attached hydrogens (primary N) is 1. The number of nitrogens with zero attached hydrogens (tertiary/aromatic N) is 2. The molecular formula is C14H31N3O3. The topological polar surface area (TPSA) is 68.0 Å². The second-order valence-corrected chi connectivity index (χ2v) is 5.30. The summed E-state index contributed by atoms with van der Waals surface area (Å²) in [4.78, 5) is 14.9. The number of rotatable bonds is 14. The molecule has 0 unspecified atom stereocenters. The predicted octanol–water partition coefficient (Wildman–Crippen LogP) is 0.169. The van der Waals surface area contributed by atoms with Gasteiger partial charge in [-0.15, -0.1) is 0 Å². The fourth-order valence-corrected chi connectivity index (χ4v) is 1.56. The van der Waals surface area contributed by atoms with E-state index in [9.17, 15) is 4.79 Å². The van der Waals surface area contributed by atoms with Crippen molar-refractivity contribution in [2.75, 3.05) is 67.2 Å². The number of amides is 1. The molecule has 0 aliphatic carbocycles. The summed E-state index contributed by atoms with van der Waals surface area (Å²) in [6, 6.07) is 0. The minimum Gasteiger partial charge on any atom is -0.380 e. The highest BCUT2D eigenvalue weighted by Gasteiger charge is 1.99. The van der Waals surface area contributed by atoms with Crippen molar-refractivity contribution in [2.45, 2.75) is 19.3 Å². The van der Waals surface area contributed by atoms with Crippen molar-refractivity contribution in [2.24, 2.45) is 5.73 Å². The van der Waals surface area contributed by atoms with Crippen LogP contribution in [0.2, 0.25) is 0 Å². The number of carbonyl (C=O) groups excluding carboxylic acids is 1. The number of primary amides is 1. The highest BCUT2D eigenvalue weighted by Crippen LogP contribution is 1.97. The molecule has 1 amide bonds. The number of carbonyl (C=O) groups is 1. The van der Waals surface area contributed by atoms with Gasteiger partial charge >= 0.3 is 0 Å². The Morgan fingerprint density at radius 1 is 0.900 bits per heavy atom. The molecule has 0 saturated carbocycles. The summed E-state index contributed by atoms with van der Waals surface area (Å²) in [6.07, 6.45) is 3.02. The maximum absolute atomic E-state index is 10.4. The molecule has 0 heterocycles. The van der Waals surface area contributed by atoms with Gasteiger partial charge in [0.25, 0.3) is 0 Å². The molecule has 0 saturated heterocycles. The zero-order valence-corrected chi connectivity index (χ0v) is 13.3. The number of likely N-dealkylation sites (N-methyl/N-ethyl adjacent to an activating group) is 2. The molecule has 0 atom stereocenters. The van der Waals surface area contributed by atoms with Gasteiger partial charge in [-0.3, -0.25) is 4.79 Å². The van der Waals surface area contributed by atoms with Crippen LogP contribution in [0.5, 0.6) is 0 Å². The molecule has 2 N–H and O–H groups in total. The van der Waals surface area contributed by atoms with Gasteiger partial charge in [0.2, 0.25) is 5.91 Å². The summed E-state index contributed by atoms with van der Waals surface area (Å²) in [5.74, 6) is -0.410. The smallest absolute Gasteiger partial charge is 0.243 e. The van der Waals surface area contributed by atoms with E-state index in [-0.39, 0.29) is 6.61 Å². The van der Waals surface area contributed by atoms with Crippen molar-refractivity contribution in [1.82, 2.24) is 9.80 Å². The molecule has 120 valence electrons. The fraction of sp³-hybridized carbons (Fsp3) is 0.929. The van der Waals surface area contributed by atoms with Crippen molar-refractivity contribution in [1.29, 1.82) is 0 Å². The summed E-state index contributed by atoms with van der Waals surface area (Å²) >= 11 is 0. The van der Waals surface area contributed by atoms with Crippen LogP contribution in [0.1, 0.15) is 19.3 Å². The Balaban J connectivity index is 3.14. The fourth-order valence-electron chi connectivity index (χ4n) is 1.56. The minimum atomic E-state index is -0.410. The lowest BCUT2D eigenvalue weighted by atomic mass is 10.2. The normalized spacial score (nSPS) is 11.4. The van der Waals surface area contributed by atoms with E-state index >= 15 is 0 Å². The van der Waals surface area contributed by atoms with E-state index in [1.807, 2.05) is 0 Å². The molecule has 0 radical (unpaired) electrons. The van der Waals surface area contributed by atoms with Crippen LogP contribution < -0.4 is 5.73 Å². The van der Waals surface area contributed by atoms with Crippen LogP contribution in [-0.4, -0.2) is 82.9 Å². The van der Waals surface area contributed by atoms with Gasteiger partial charge in [0.05, 0.1) is 6.61 Å². The van der Waals surface area contributed by atoms with E-state index in [4.69, 9.17) is 15.2 Å².